The lowest BCUT2D eigenvalue weighted by Crippen LogP contribution is -2.14. The van der Waals surface area contributed by atoms with E-state index in [1.165, 1.54) is 28.7 Å². The zero-order valence-corrected chi connectivity index (χ0v) is 16.7. The molecule has 0 aliphatic rings. The fourth-order valence-electron chi connectivity index (χ4n) is 2.38. The standard InChI is InChI=1S/C19H20N4O2S2/c1-3-13-7-6-8-14(11-13)20-17(24)12-26-19-23-22-18(27-19)21-15-9-4-5-10-16(15)25-2/h4-11H,3,12H2,1-2H3,(H,20,24)(H,21,22). The highest BCUT2D eigenvalue weighted by atomic mass is 32.2. The normalized spacial score (nSPS) is 10.4. The number of thioether (sulfide) groups is 1. The Morgan fingerprint density at radius 2 is 2.04 bits per heavy atom. The average molecular weight is 401 g/mol. The van der Waals surface area contributed by atoms with Gasteiger partial charge in [-0.25, -0.2) is 0 Å². The summed E-state index contributed by atoms with van der Waals surface area (Å²) in [6.45, 7) is 2.09. The van der Waals surface area contributed by atoms with Crippen LogP contribution in [0.3, 0.4) is 0 Å². The van der Waals surface area contributed by atoms with Gasteiger partial charge in [0.15, 0.2) is 4.34 Å². The quantitative estimate of drug-likeness (QED) is 0.539. The zero-order valence-electron chi connectivity index (χ0n) is 15.1. The van der Waals surface area contributed by atoms with Crippen molar-refractivity contribution in [1.29, 1.82) is 0 Å². The van der Waals surface area contributed by atoms with Crippen molar-refractivity contribution >= 4 is 45.5 Å². The first-order chi connectivity index (χ1) is 13.2. The SMILES string of the molecule is CCc1cccc(NC(=O)CSc2nnc(Nc3ccccc3OC)s2)c1. The van der Waals surface area contributed by atoms with Gasteiger partial charge in [-0.15, -0.1) is 10.2 Å². The third kappa shape index (κ3) is 5.45. The highest BCUT2D eigenvalue weighted by Gasteiger charge is 2.10. The van der Waals surface area contributed by atoms with E-state index in [-0.39, 0.29) is 11.7 Å². The molecule has 0 saturated heterocycles. The van der Waals surface area contributed by atoms with Crippen molar-refractivity contribution in [3.05, 3.63) is 54.1 Å². The van der Waals surface area contributed by atoms with E-state index in [0.717, 1.165) is 27.9 Å². The van der Waals surface area contributed by atoms with Crippen molar-refractivity contribution in [3.8, 4) is 5.75 Å². The molecule has 1 amide bonds. The molecule has 6 nitrogen and oxygen atoms in total. The summed E-state index contributed by atoms with van der Waals surface area (Å²) in [5, 5.41) is 15.0. The smallest absolute Gasteiger partial charge is 0.234 e. The molecule has 0 saturated carbocycles. The summed E-state index contributed by atoms with van der Waals surface area (Å²) >= 11 is 2.76. The molecule has 0 bridgehead atoms. The maximum atomic E-state index is 12.2. The first-order valence-corrected chi connectivity index (χ1v) is 10.2. The fourth-order valence-corrected chi connectivity index (χ4v) is 3.94. The number of para-hydroxylation sites is 2. The first-order valence-electron chi connectivity index (χ1n) is 8.43. The molecule has 0 aliphatic carbocycles. The number of anilines is 3. The van der Waals surface area contributed by atoms with Gasteiger partial charge in [0.2, 0.25) is 11.0 Å². The minimum absolute atomic E-state index is 0.0670. The molecule has 2 N–H and O–H groups in total. The van der Waals surface area contributed by atoms with Crippen molar-refractivity contribution in [2.45, 2.75) is 17.7 Å². The number of amides is 1. The molecule has 0 fully saturated rings. The van der Waals surface area contributed by atoms with Crippen LogP contribution in [-0.2, 0) is 11.2 Å². The van der Waals surface area contributed by atoms with E-state index in [4.69, 9.17) is 4.74 Å². The molecule has 0 aliphatic heterocycles. The van der Waals surface area contributed by atoms with Gasteiger partial charge in [-0.1, -0.05) is 54.3 Å². The van der Waals surface area contributed by atoms with Crippen LogP contribution >= 0.6 is 23.1 Å². The molecule has 2 aromatic carbocycles. The summed E-state index contributed by atoms with van der Waals surface area (Å²) in [4.78, 5) is 12.2. The summed E-state index contributed by atoms with van der Waals surface area (Å²) in [5.41, 5.74) is 2.83. The lowest BCUT2D eigenvalue weighted by molar-refractivity contribution is -0.113. The molecule has 0 atom stereocenters. The number of rotatable bonds is 8. The van der Waals surface area contributed by atoms with E-state index in [2.05, 4.69) is 27.8 Å². The molecule has 0 spiro atoms. The van der Waals surface area contributed by atoms with Crippen LogP contribution < -0.4 is 15.4 Å². The van der Waals surface area contributed by atoms with E-state index in [1.54, 1.807) is 7.11 Å². The Hall–Kier alpha value is -2.58. The Morgan fingerprint density at radius 3 is 2.85 bits per heavy atom. The second-order valence-electron chi connectivity index (χ2n) is 5.59. The molecular weight excluding hydrogens is 380 g/mol. The maximum absolute atomic E-state index is 12.2. The lowest BCUT2D eigenvalue weighted by atomic mass is 10.1. The van der Waals surface area contributed by atoms with Crippen molar-refractivity contribution in [2.24, 2.45) is 0 Å². The van der Waals surface area contributed by atoms with E-state index < -0.39 is 0 Å². The number of nitrogens with zero attached hydrogens (tertiary/aromatic N) is 2. The molecular formula is C19H20N4O2S2. The third-order valence-corrected chi connectivity index (χ3v) is 5.67. The van der Waals surface area contributed by atoms with Crippen LogP contribution in [-0.4, -0.2) is 29.0 Å². The predicted molar refractivity (Wildman–Crippen MR) is 111 cm³/mol. The Labute approximate surface area is 166 Å². The third-order valence-electron chi connectivity index (χ3n) is 3.70. The summed E-state index contributed by atoms with van der Waals surface area (Å²) in [6.07, 6.45) is 0.936. The minimum Gasteiger partial charge on any atom is -0.495 e. The van der Waals surface area contributed by atoms with Crippen LogP contribution in [0.25, 0.3) is 0 Å². The number of benzene rings is 2. The second-order valence-corrected chi connectivity index (χ2v) is 7.79. The summed E-state index contributed by atoms with van der Waals surface area (Å²) < 4.78 is 6.04. The van der Waals surface area contributed by atoms with Crippen LogP contribution in [0, 0.1) is 0 Å². The van der Waals surface area contributed by atoms with Crippen molar-refractivity contribution < 1.29 is 9.53 Å². The number of ether oxygens (including phenoxy) is 1. The Morgan fingerprint density at radius 1 is 1.19 bits per heavy atom. The summed E-state index contributed by atoms with van der Waals surface area (Å²) in [5.74, 6) is 0.942. The molecule has 140 valence electrons. The van der Waals surface area contributed by atoms with E-state index in [1.807, 2.05) is 48.5 Å². The first kappa shape index (κ1) is 19.2. The minimum atomic E-state index is -0.0670. The fraction of sp³-hybridized carbons (Fsp3) is 0.211. The number of hydrogen-bond donors (Lipinski definition) is 2. The zero-order chi connectivity index (χ0) is 19.1. The number of hydrogen-bond acceptors (Lipinski definition) is 7. The number of nitrogens with one attached hydrogen (secondary N) is 2. The number of carbonyl (C=O) groups is 1. The van der Waals surface area contributed by atoms with Crippen LogP contribution in [0.2, 0.25) is 0 Å². The van der Waals surface area contributed by atoms with Gasteiger partial charge in [0.05, 0.1) is 18.6 Å². The molecule has 1 aromatic heterocycles. The Bertz CT molecular complexity index is 914. The monoisotopic (exact) mass is 400 g/mol. The van der Waals surface area contributed by atoms with Gasteiger partial charge >= 0.3 is 0 Å². The molecule has 8 heteroatoms. The molecule has 0 unspecified atom stereocenters. The molecule has 3 aromatic rings. The number of methoxy groups -OCH3 is 1. The highest BCUT2D eigenvalue weighted by molar-refractivity contribution is 8.01. The lowest BCUT2D eigenvalue weighted by Gasteiger charge is -2.07. The maximum Gasteiger partial charge on any atom is 0.234 e. The van der Waals surface area contributed by atoms with Gasteiger partial charge in [0.25, 0.3) is 0 Å². The van der Waals surface area contributed by atoms with Crippen molar-refractivity contribution in [1.82, 2.24) is 10.2 Å². The Kier molecular flexibility index (Phi) is 6.67. The van der Waals surface area contributed by atoms with E-state index in [9.17, 15) is 4.79 Å². The number of aromatic nitrogens is 2. The van der Waals surface area contributed by atoms with Gasteiger partial charge in [0, 0.05) is 5.69 Å². The summed E-state index contributed by atoms with van der Waals surface area (Å²) in [7, 11) is 1.62. The average Bonchev–Trinajstić information content (AvgIpc) is 3.14. The van der Waals surface area contributed by atoms with E-state index in [0.29, 0.717) is 5.13 Å². The van der Waals surface area contributed by atoms with Gasteiger partial charge < -0.3 is 15.4 Å². The summed E-state index contributed by atoms with van der Waals surface area (Å²) in [6, 6.07) is 15.5. The van der Waals surface area contributed by atoms with Crippen molar-refractivity contribution in [3.63, 3.8) is 0 Å². The molecule has 1 heterocycles. The highest BCUT2D eigenvalue weighted by Crippen LogP contribution is 2.31. The van der Waals surface area contributed by atoms with Crippen molar-refractivity contribution in [2.75, 3.05) is 23.5 Å². The van der Waals surface area contributed by atoms with Crippen LogP contribution in [0.5, 0.6) is 5.75 Å². The molecule has 0 radical (unpaired) electrons. The van der Waals surface area contributed by atoms with Crippen LogP contribution in [0.4, 0.5) is 16.5 Å². The molecule has 27 heavy (non-hydrogen) atoms. The van der Waals surface area contributed by atoms with Gasteiger partial charge in [-0.2, -0.15) is 0 Å². The van der Waals surface area contributed by atoms with E-state index >= 15 is 0 Å². The number of aryl methyl sites for hydroxylation is 1. The number of carbonyl (C=O) groups excluding carboxylic acids is 1. The Balaban J connectivity index is 1.54. The van der Waals surface area contributed by atoms with Gasteiger partial charge in [0.1, 0.15) is 5.75 Å². The topological polar surface area (TPSA) is 76.1 Å². The van der Waals surface area contributed by atoms with Gasteiger partial charge in [-0.05, 0) is 36.2 Å². The largest absolute Gasteiger partial charge is 0.495 e. The van der Waals surface area contributed by atoms with Crippen LogP contribution in [0.15, 0.2) is 52.9 Å². The van der Waals surface area contributed by atoms with Crippen LogP contribution in [0.1, 0.15) is 12.5 Å². The molecule has 3 rings (SSSR count). The second kappa shape index (κ2) is 9.38. The van der Waals surface area contributed by atoms with Gasteiger partial charge in [-0.3, -0.25) is 4.79 Å². The predicted octanol–water partition coefficient (Wildman–Crippen LogP) is 4.58.